The predicted octanol–water partition coefficient (Wildman–Crippen LogP) is 14.6. The maximum Gasteiger partial charge on any atom is 0.0738 e. The van der Waals surface area contributed by atoms with Crippen LogP contribution in [0.4, 0.5) is 11.4 Å². The van der Waals surface area contributed by atoms with Crippen LogP contribution < -0.4 is 4.90 Å². The van der Waals surface area contributed by atoms with Crippen LogP contribution >= 0.6 is 0 Å². The fourth-order valence-electron chi connectivity index (χ4n) is 9.47. The summed E-state index contributed by atoms with van der Waals surface area (Å²) in [5.41, 5.74) is 16.4. The van der Waals surface area contributed by atoms with Crippen LogP contribution in [-0.2, 0) is 10.8 Å². The molecule has 7 rings (SSSR count). The Balaban J connectivity index is 1.66. The van der Waals surface area contributed by atoms with Gasteiger partial charge in [-0.2, -0.15) is 0 Å². The molecule has 0 saturated heterocycles. The van der Waals surface area contributed by atoms with E-state index in [4.69, 9.17) is 6.58 Å². The summed E-state index contributed by atoms with van der Waals surface area (Å²) < 4.78 is 0. The summed E-state index contributed by atoms with van der Waals surface area (Å²) in [6.07, 6.45) is 16.1. The maximum atomic E-state index is 4.92. The first-order chi connectivity index (χ1) is 26.9. The fourth-order valence-corrected chi connectivity index (χ4v) is 9.47. The molecule has 1 heteroatoms. The van der Waals surface area contributed by atoms with Gasteiger partial charge in [-0.15, -0.1) is 0 Å². The number of hydrogen-bond acceptors (Lipinski definition) is 1. The zero-order chi connectivity index (χ0) is 38.7. The highest BCUT2D eigenvalue weighted by molar-refractivity contribution is 6.01. The lowest BCUT2D eigenvalue weighted by atomic mass is 9.60. The van der Waals surface area contributed by atoms with E-state index in [0.717, 1.165) is 40.2 Å². The molecule has 0 bridgehead atoms. The Morgan fingerprint density at radius 3 is 1.87 bits per heavy atom. The minimum atomic E-state index is -0.691. The maximum absolute atomic E-state index is 4.92. The molecule has 5 aromatic carbocycles. The topological polar surface area (TPSA) is 3.24 Å². The number of hydrogen-bond donors (Lipinski definition) is 0. The lowest BCUT2D eigenvalue weighted by molar-refractivity contribution is 0.702. The van der Waals surface area contributed by atoms with Gasteiger partial charge in [-0.3, -0.25) is 0 Å². The van der Waals surface area contributed by atoms with Gasteiger partial charge >= 0.3 is 0 Å². The third-order valence-electron chi connectivity index (χ3n) is 11.8. The van der Waals surface area contributed by atoms with Crippen molar-refractivity contribution in [3.05, 3.63) is 245 Å². The molecule has 0 fully saturated rings. The molecule has 2 unspecified atom stereocenters. The van der Waals surface area contributed by atoms with Crippen molar-refractivity contribution in [2.45, 2.75) is 51.9 Å². The van der Waals surface area contributed by atoms with Crippen molar-refractivity contribution in [2.75, 3.05) is 4.90 Å². The van der Waals surface area contributed by atoms with Gasteiger partial charge in [0.15, 0.2) is 0 Å². The number of fused-ring (bicyclic) bond motifs is 2. The van der Waals surface area contributed by atoms with E-state index in [1.165, 1.54) is 50.1 Å². The smallest absolute Gasteiger partial charge is 0.0738 e. The van der Waals surface area contributed by atoms with Gasteiger partial charge in [0.25, 0.3) is 0 Å². The summed E-state index contributed by atoms with van der Waals surface area (Å²) in [6, 6.07) is 46.4. The molecule has 0 radical (unpaired) electrons. The van der Waals surface area contributed by atoms with Crippen LogP contribution in [0.5, 0.6) is 0 Å². The van der Waals surface area contributed by atoms with Crippen LogP contribution in [0.2, 0.25) is 0 Å². The molecule has 1 nitrogen and oxygen atoms in total. The third kappa shape index (κ3) is 5.52. The molecular weight excluding hydrogens is 663 g/mol. The van der Waals surface area contributed by atoms with Gasteiger partial charge < -0.3 is 4.90 Å². The Morgan fingerprint density at radius 1 is 0.673 bits per heavy atom. The van der Waals surface area contributed by atoms with E-state index in [9.17, 15) is 0 Å². The van der Waals surface area contributed by atoms with Gasteiger partial charge in [-0.25, -0.2) is 0 Å². The van der Waals surface area contributed by atoms with Gasteiger partial charge in [0, 0.05) is 11.3 Å². The van der Waals surface area contributed by atoms with Crippen LogP contribution in [-0.4, -0.2) is 0 Å². The van der Waals surface area contributed by atoms with E-state index >= 15 is 0 Å². The Labute approximate surface area is 329 Å². The quantitative estimate of drug-likeness (QED) is 0.109. The molecule has 0 aromatic heterocycles. The summed E-state index contributed by atoms with van der Waals surface area (Å²) in [6.45, 7) is 24.5. The van der Waals surface area contributed by atoms with Crippen molar-refractivity contribution < 1.29 is 0 Å². The van der Waals surface area contributed by atoms with E-state index in [1.54, 1.807) is 0 Å². The summed E-state index contributed by atoms with van der Waals surface area (Å²) in [5.74, 6) is 0. The van der Waals surface area contributed by atoms with Gasteiger partial charge in [0.2, 0.25) is 0 Å². The summed E-state index contributed by atoms with van der Waals surface area (Å²) >= 11 is 0. The number of rotatable bonds is 9. The molecule has 1 aliphatic carbocycles. The summed E-state index contributed by atoms with van der Waals surface area (Å²) in [4.78, 5) is 2.53. The minimum Gasteiger partial charge on any atom is -0.310 e. The molecule has 272 valence electrons. The molecule has 55 heavy (non-hydrogen) atoms. The van der Waals surface area contributed by atoms with E-state index in [0.29, 0.717) is 0 Å². The summed E-state index contributed by atoms with van der Waals surface area (Å²) in [5, 5.41) is 0. The number of allylic oxidation sites excluding steroid dienone is 12. The van der Waals surface area contributed by atoms with E-state index < -0.39 is 10.8 Å². The van der Waals surface area contributed by atoms with Crippen molar-refractivity contribution in [1.82, 2.24) is 0 Å². The fraction of sp³-hybridized carbons (Fsp3) is 0.148. The highest BCUT2D eigenvalue weighted by atomic mass is 15.2. The molecule has 1 aliphatic heterocycles. The molecule has 2 aliphatic rings. The number of anilines is 2. The van der Waals surface area contributed by atoms with Crippen molar-refractivity contribution >= 4 is 16.9 Å². The lowest BCUT2D eigenvalue weighted by Gasteiger charge is -2.49. The third-order valence-corrected chi connectivity index (χ3v) is 11.8. The zero-order valence-corrected chi connectivity index (χ0v) is 32.9. The normalized spacial score (nSPS) is 21.9. The van der Waals surface area contributed by atoms with Crippen molar-refractivity contribution in [2.24, 2.45) is 0 Å². The Morgan fingerprint density at radius 2 is 1.31 bits per heavy atom. The summed E-state index contributed by atoms with van der Waals surface area (Å²) in [7, 11) is 0. The van der Waals surface area contributed by atoms with Crippen LogP contribution in [0.15, 0.2) is 218 Å². The lowest BCUT2D eigenvalue weighted by Crippen LogP contribution is -2.42. The molecule has 2 atom stereocenters. The van der Waals surface area contributed by atoms with Crippen LogP contribution in [0.25, 0.3) is 16.7 Å². The molecule has 0 amide bonds. The molecular formula is C54H51N. The van der Waals surface area contributed by atoms with E-state index in [2.05, 4.69) is 210 Å². The van der Waals surface area contributed by atoms with Gasteiger partial charge in [-0.05, 0) is 108 Å². The van der Waals surface area contributed by atoms with Gasteiger partial charge in [-0.1, -0.05) is 184 Å². The van der Waals surface area contributed by atoms with Gasteiger partial charge in [0.1, 0.15) is 0 Å². The second kappa shape index (κ2) is 15.3. The van der Waals surface area contributed by atoms with Crippen LogP contribution in [0.3, 0.4) is 0 Å². The van der Waals surface area contributed by atoms with Gasteiger partial charge in [0.05, 0.1) is 22.2 Å². The molecule has 5 aromatic rings. The Kier molecular flexibility index (Phi) is 10.3. The predicted molar refractivity (Wildman–Crippen MR) is 238 cm³/mol. The average molecular weight is 714 g/mol. The van der Waals surface area contributed by atoms with Crippen LogP contribution in [0.1, 0.15) is 68.9 Å². The monoisotopic (exact) mass is 713 g/mol. The van der Waals surface area contributed by atoms with E-state index in [-0.39, 0.29) is 0 Å². The van der Waals surface area contributed by atoms with Crippen molar-refractivity contribution in [1.29, 1.82) is 0 Å². The SMILES string of the molecule is C=C/C=C(\C=C)C1(c2ccccc2)C(=C/C)/C(=C\CC)N(c2cccc3c2/C(=C/C)C(=C)C3(/C(C)=C/C)c2ccccc2)c2ccc(-c3ccccc3)cc21. The highest BCUT2D eigenvalue weighted by Gasteiger charge is 2.52. The largest absolute Gasteiger partial charge is 0.310 e. The second-order valence-electron chi connectivity index (χ2n) is 14.3. The highest BCUT2D eigenvalue weighted by Crippen LogP contribution is 2.63. The Hall–Kier alpha value is -6.18. The standard InChI is InChI=1S/C54H51N/c1-9-25-42(12-4)54(44-31-22-17-23-32-44)46(14-6)49(26-10-2)55(50-36-35-41(37-48(50)54)40-27-18-15-19-28-40)51-34-24-33-47-52(51)45(13-5)39(8)53(47,38(7)11-3)43-29-20-16-21-30-43/h9,11-37H,1,4,8,10H2,2-3,5-7H3/b38-11+,42-25+,45-13+,46-14+,49-26+. The number of benzene rings is 5. The van der Waals surface area contributed by atoms with E-state index in [1.807, 2.05) is 12.2 Å². The molecule has 1 heterocycles. The Bertz CT molecular complexity index is 2430. The first kappa shape index (κ1) is 37.1. The first-order valence-electron chi connectivity index (χ1n) is 19.5. The molecule has 0 spiro atoms. The van der Waals surface area contributed by atoms with Crippen molar-refractivity contribution in [3.8, 4) is 11.1 Å². The zero-order valence-electron chi connectivity index (χ0n) is 32.9. The second-order valence-corrected chi connectivity index (χ2v) is 14.3. The van der Waals surface area contributed by atoms with Crippen molar-refractivity contribution in [3.63, 3.8) is 0 Å². The molecule has 0 saturated carbocycles. The minimum absolute atomic E-state index is 0.506. The molecule has 0 N–H and O–H groups in total. The average Bonchev–Trinajstić information content (AvgIpc) is 3.50. The number of nitrogens with zero attached hydrogens (tertiary/aromatic N) is 1. The first-order valence-corrected chi connectivity index (χ1v) is 19.5. The van der Waals surface area contributed by atoms with Crippen LogP contribution in [0, 0.1) is 0 Å².